The molecule has 0 aliphatic carbocycles. The Morgan fingerprint density at radius 2 is 1.83 bits per heavy atom. The van der Waals surface area contributed by atoms with Crippen LogP contribution in [0.1, 0.15) is 34.1 Å². The molecule has 0 aromatic carbocycles. The summed E-state index contributed by atoms with van der Waals surface area (Å²) in [6.45, 7) is 13.7. The van der Waals surface area contributed by atoms with Crippen LogP contribution in [-0.2, 0) is 0 Å². The summed E-state index contributed by atoms with van der Waals surface area (Å²) in [5.74, 6) is 0. The van der Waals surface area contributed by atoms with Gasteiger partial charge in [-0.1, -0.05) is 6.92 Å². The van der Waals surface area contributed by atoms with Gasteiger partial charge < -0.3 is 0 Å². The number of hydrogen-bond acceptors (Lipinski definition) is 0. The average Bonchev–Trinajstić information content (AvgIpc) is 2.14. The zero-order valence-electron chi connectivity index (χ0n) is 9.15. The number of hydrogen-bond donors (Lipinski definition) is 0. The first-order valence-electron chi connectivity index (χ1n) is 4.67. The van der Waals surface area contributed by atoms with E-state index in [1.807, 2.05) is 6.20 Å². The SMILES string of the molecule is C=C[N+](C)(CC)C(C)=C(C)CC. The zero-order chi connectivity index (χ0) is 9.78. The van der Waals surface area contributed by atoms with Crippen molar-refractivity contribution in [1.29, 1.82) is 0 Å². The van der Waals surface area contributed by atoms with Gasteiger partial charge in [-0.15, -0.1) is 0 Å². The molecular weight excluding hydrogens is 146 g/mol. The summed E-state index contributed by atoms with van der Waals surface area (Å²) in [5, 5.41) is 0. The molecule has 0 fully saturated rings. The van der Waals surface area contributed by atoms with Crippen molar-refractivity contribution in [3.63, 3.8) is 0 Å². The van der Waals surface area contributed by atoms with Gasteiger partial charge in [0.05, 0.1) is 19.8 Å². The van der Waals surface area contributed by atoms with Crippen molar-refractivity contribution in [3.8, 4) is 0 Å². The van der Waals surface area contributed by atoms with Gasteiger partial charge in [0.15, 0.2) is 0 Å². The molecule has 70 valence electrons. The molecule has 0 rings (SSSR count). The Bertz CT molecular complexity index is 191. The van der Waals surface area contributed by atoms with Gasteiger partial charge in [0.1, 0.15) is 5.70 Å². The fourth-order valence-electron chi connectivity index (χ4n) is 1.20. The molecular formula is C11H22N+. The maximum atomic E-state index is 3.88. The third-order valence-electron chi connectivity index (χ3n) is 2.97. The molecule has 1 unspecified atom stereocenters. The van der Waals surface area contributed by atoms with Crippen LogP contribution in [0.5, 0.6) is 0 Å². The van der Waals surface area contributed by atoms with Gasteiger partial charge in [0.25, 0.3) is 0 Å². The van der Waals surface area contributed by atoms with Crippen LogP contribution in [0, 0.1) is 0 Å². The van der Waals surface area contributed by atoms with Gasteiger partial charge in [-0.05, 0) is 32.4 Å². The van der Waals surface area contributed by atoms with Crippen LogP contribution in [0.2, 0.25) is 0 Å². The number of quaternary nitrogens is 1. The average molecular weight is 168 g/mol. The standard InChI is InChI=1S/C11H22N/c1-7-10(4)11(5)12(6,8-2)9-3/h8H,2,7,9H2,1,3-6H3/q+1. The Balaban J connectivity index is 4.86. The normalized spacial score (nSPS) is 18.1. The lowest BCUT2D eigenvalue weighted by molar-refractivity contribution is -0.818. The molecule has 0 spiro atoms. The van der Waals surface area contributed by atoms with E-state index in [0.29, 0.717) is 0 Å². The lowest BCUT2D eigenvalue weighted by Crippen LogP contribution is -2.36. The van der Waals surface area contributed by atoms with Gasteiger partial charge in [-0.2, -0.15) is 0 Å². The van der Waals surface area contributed by atoms with E-state index < -0.39 is 0 Å². The lowest BCUT2D eigenvalue weighted by atomic mass is 10.1. The molecule has 1 atom stereocenters. The van der Waals surface area contributed by atoms with Crippen molar-refractivity contribution in [1.82, 2.24) is 0 Å². The minimum absolute atomic E-state index is 0.861. The van der Waals surface area contributed by atoms with E-state index in [0.717, 1.165) is 17.4 Å². The Hall–Kier alpha value is -0.560. The van der Waals surface area contributed by atoms with Gasteiger partial charge in [0.2, 0.25) is 0 Å². The van der Waals surface area contributed by atoms with E-state index in [4.69, 9.17) is 0 Å². The van der Waals surface area contributed by atoms with E-state index in [9.17, 15) is 0 Å². The molecule has 0 bridgehead atoms. The second kappa shape index (κ2) is 4.46. The monoisotopic (exact) mass is 168 g/mol. The number of nitrogens with zero attached hydrogens (tertiary/aromatic N) is 1. The molecule has 0 heterocycles. The van der Waals surface area contributed by atoms with Crippen molar-refractivity contribution in [2.24, 2.45) is 0 Å². The minimum Gasteiger partial charge on any atom is -0.272 e. The molecule has 0 aromatic heterocycles. The number of rotatable bonds is 4. The molecule has 0 N–H and O–H groups in total. The van der Waals surface area contributed by atoms with Crippen LogP contribution in [0.15, 0.2) is 24.0 Å². The highest BCUT2D eigenvalue weighted by molar-refractivity contribution is 5.03. The third kappa shape index (κ3) is 2.21. The van der Waals surface area contributed by atoms with Gasteiger partial charge >= 0.3 is 0 Å². The molecule has 1 heteroatoms. The largest absolute Gasteiger partial charge is 0.272 e. The van der Waals surface area contributed by atoms with Crippen LogP contribution in [0.3, 0.4) is 0 Å². The summed E-state index contributed by atoms with van der Waals surface area (Å²) < 4.78 is 0.861. The summed E-state index contributed by atoms with van der Waals surface area (Å²) in [5.41, 5.74) is 2.90. The van der Waals surface area contributed by atoms with Crippen molar-refractivity contribution in [2.75, 3.05) is 13.6 Å². The summed E-state index contributed by atoms with van der Waals surface area (Å²) in [4.78, 5) is 0. The van der Waals surface area contributed by atoms with Crippen molar-refractivity contribution in [3.05, 3.63) is 24.0 Å². The lowest BCUT2D eigenvalue weighted by Gasteiger charge is -2.30. The predicted octanol–water partition coefficient (Wildman–Crippen LogP) is 3.30. The molecule has 0 aliphatic rings. The van der Waals surface area contributed by atoms with Crippen LogP contribution in [0.25, 0.3) is 0 Å². The van der Waals surface area contributed by atoms with E-state index >= 15 is 0 Å². The van der Waals surface area contributed by atoms with Gasteiger partial charge in [0, 0.05) is 6.92 Å². The van der Waals surface area contributed by atoms with Crippen molar-refractivity contribution < 1.29 is 4.48 Å². The molecule has 0 saturated heterocycles. The second-order valence-electron chi connectivity index (χ2n) is 3.49. The van der Waals surface area contributed by atoms with E-state index in [1.54, 1.807) is 0 Å². The van der Waals surface area contributed by atoms with Crippen LogP contribution in [0.4, 0.5) is 0 Å². The fraction of sp³-hybridized carbons (Fsp3) is 0.636. The molecule has 0 aliphatic heterocycles. The zero-order valence-corrected chi connectivity index (χ0v) is 9.15. The van der Waals surface area contributed by atoms with Crippen LogP contribution >= 0.6 is 0 Å². The fourth-order valence-corrected chi connectivity index (χ4v) is 1.20. The second-order valence-corrected chi connectivity index (χ2v) is 3.49. The van der Waals surface area contributed by atoms with Crippen LogP contribution in [-0.4, -0.2) is 18.1 Å². The molecule has 0 aromatic rings. The smallest absolute Gasteiger partial charge is 0.109 e. The van der Waals surface area contributed by atoms with Gasteiger partial charge in [-0.3, -0.25) is 4.48 Å². The topological polar surface area (TPSA) is 0 Å². The van der Waals surface area contributed by atoms with Crippen molar-refractivity contribution in [2.45, 2.75) is 34.1 Å². The molecule has 0 amide bonds. The highest BCUT2D eigenvalue weighted by Crippen LogP contribution is 2.19. The highest BCUT2D eigenvalue weighted by Gasteiger charge is 2.19. The van der Waals surface area contributed by atoms with E-state index in [2.05, 4.69) is 41.3 Å². The Labute approximate surface area is 77.0 Å². The summed E-state index contributed by atoms with van der Waals surface area (Å²) in [7, 11) is 2.20. The van der Waals surface area contributed by atoms with Crippen molar-refractivity contribution >= 4 is 0 Å². The first-order chi connectivity index (χ1) is 5.51. The first kappa shape index (κ1) is 11.4. The molecule has 12 heavy (non-hydrogen) atoms. The Morgan fingerprint density at radius 3 is 2.08 bits per heavy atom. The number of allylic oxidation sites excluding steroid dienone is 2. The third-order valence-corrected chi connectivity index (χ3v) is 2.97. The minimum atomic E-state index is 0.861. The molecule has 0 radical (unpaired) electrons. The summed E-state index contributed by atoms with van der Waals surface area (Å²) in [6, 6.07) is 0. The maximum absolute atomic E-state index is 3.88. The van der Waals surface area contributed by atoms with Crippen LogP contribution < -0.4 is 0 Å². The van der Waals surface area contributed by atoms with E-state index in [-0.39, 0.29) is 0 Å². The maximum Gasteiger partial charge on any atom is 0.109 e. The quantitative estimate of drug-likeness (QED) is 0.565. The summed E-state index contributed by atoms with van der Waals surface area (Å²) in [6.07, 6.45) is 3.14. The molecule has 0 saturated carbocycles. The highest BCUT2D eigenvalue weighted by atomic mass is 15.3. The Kier molecular flexibility index (Phi) is 4.25. The summed E-state index contributed by atoms with van der Waals surface area (Å²) >= 11 is 0. The van der Waals surface area contributed by atoms with E-state index in [1.165, 1.54) is 11.3 Å². The van der Waals surface area contributed by atoms with Gasteiger partial charge in [-0.25, -0.2) is 0 Å². The first-order valence-corrected chi connectivity index (χ1v) is 4.67. The molecule has 1 nitrogen and oxygen atoms in total. The predicted molar refractivity (Wildman–Crippen MR) is 55.6 cm³/mol. The Morgan fingerprint density at radius 1 is 1.33 bits per heavy atom.